The molecule has 2 amide bonds. The Labute approximate surface area is 183 Å². The summed E-state index contributed by atoms with van der Waals surface area (Å²) >= 11 is 6.49. The molecule has 1 aromatic carbocycles. The molecule has 3 aliphatic heterocycles. The summed E-state index contributed by atoms with van der Waals surface area (Å²) in [6.07, 6.45) is 1.38. The number of hydrogen-bond donors (Lipinski definition) is 2. The van der Waals surface area contributed by atoms with Crippen molar-refractivity contribution in [1.82, 2.24) is 10.2 Å². The molecular formula is C21H20ClFN4O4. The molecule has 2 atom stereocenters. The highest BCUT2D eigenvalue weighted by Crippen LogP contribution is 2.43. The predicted octanol–water partition coefficient (Wildman–Crippen LogP) is 1.65. The minimum Gasteiger partial charge on any atom is -0.376 e. The van der Waals surface area contributed by atoms with Crippen LogP contribution in [0.2, 0.25) is 0 Å². The van der Waals surface area contributed by atoms with Crippen LogP contribution in [0.3, 0.4) is 0 Å². The third kappa shape index (κ3) is 3.77. The lowest BCUT2D eigenvalue weighted by Gasteiger charge is -2.38. The van der Waals surface area contributed by atoms with Crippen LogP contribution in [0.1, 0.15) is 25.3 Å². The maximum atomic E-state index is 13.6. The molecule has 0 saturated carbocycles. The van der Waals surface area contributed by atoms with Crippen molar-refractivity contribution < 1.29 is 23.5 Å². The average molecular weight is 447 g/mol. The average Bonchev–Trinajstić information content (AvgIpc) is 3.27. The summed E-state index contributed by atoms with van der Waals surface area (Å²) in [5.74, 6) is -3.60. The second-order valence-electron chi connectivity index (χ2n) is 8.21. The van der Waals surface area contributed by atoms with E-state index in [1.165, 1.54) is 12.1 Å². The Balaban J connectivity index is 1.57. The Hall–Kier alpha value is -2.96. The van der Waals surface area contributed by atoms with E-state index in [-0.39, 0.29) is 28.0 Å². The van der Waals surface area contributed by atoms with Crippen molar-refractivity contribution in [2.75, 3.05) is 25.1 Å². The number of hydrogen-bond acceptors (Lipinski definition) is 6. The highest BCUT2D eigenvalue weighted by Gasteiger charge is 2.50. The van der Waals surface area contributed by atoms with Crippen LogP contribution in [0.4, 0.5) is 10.1 Å². The number of carbonyl (C=O) groups excluding carboxylic acids is 3. The van der Waals surface area contributed by atoms with E-state index in [0.717, 1.165) is 12.5 Å². The van der Waals surface area contributed by atoms with Crippen LogP contribution < -0.4 is 10.6 Å². The minimum absolute atomic E-state index is 0.0139. The molecule has 3 heterocycles. The Morgan fingerprint density at radius 1 is 1.35 bits per heavy atom. The first kappa shape index (κ1) is 21.3. The molecule has 1 aromatic rings. The monoisotopic (exact) mass is 446 g/mol. The maximum Gasteiger partial charge on any atom is 0.294 e. The van der Waals surface area contributed by atoms with Gasteiger partial charge in [-0.25, -0.2) is 4.39 Å². The van der Waals surface area contributed by atoms with Crippen LogP contribution in [-0.2, 0) is 19.1 Å². The standard InChI is InChI=1S/C21H20ClFN4O4/c1-21(9-31-10-21)26-20(30)18(28)17-16(22)15(14-3-2-6-27(14)17)19(29)25-12-4-5-13(23)11(7-12)8-24/h4-5,7,14-15H,2-3,6,9-10H2,1H3,(H,25,29)(H,26,30). The Bertz CT molecular complexity index is 1050. The summed E-state index contributed by atoms with van der Waals surface area (Å²) in [7, 11) is 0. The van der Waals surface area contributed by atoms with Gasteiger partial charge in [-0.15, -0.1) is 0 Å². The second-order valence-corrected chi connectivity index (χ2v) is 8.62. The minimum atomic E-state index is -0.853. The summed E-state index contributed by atoms with van der Waals surface area (Å²) in [5, 5.41) is 14.3. The molecule has 8 nitrogen and oxygen atoms in total. The number of amides is 2. The number of carbonyl (C=O) groups is 3. The van der Waals surface area contributed by atoms with E-state index < -0.39 is 34.9 Å². The van der Waals surface area contributed by atoms with E-state index >= 15 is 0 Å². The lowest BCUT2D eigenvalue weighted by atomic mass is 9.98. The molecule has 2 fully saturated rings. The lowest BCUT2D eigenvalue weighted by Crippen LogP contribution is -2.61. The van der Waals surface area contributed by atoms with Gasteiger partial charge in [-0.1, -0.05) is 11.6 Å². The number of nitriles is 1. The molecule has 2 unspecified atom stereocenters. The largest absolute Gasteiger partial charge is 0.376 e. The summed E-state index contributed by atoms with van der Waals surface area (Å²) in [6.45, 7) is 2.92. The fourth-order valence-electron chi connectivity index (χ4n) is 4.23. The number of fused-ring (bicyclic) bond motifs is 1. The maximum absolute atomic E-state index is 13.6. The molecular weight excluding hydrogens is 427 g/mol. The number of anilines is 1. The van der Waals surface area contributed by atoms with Gasteiger partial charge < -0.3 is 20.3 Å². The van der Waals surface area contributed by atoms with Crippen LogP contribution in [0, 0.1) is 23.1 Å². The Morgan fingerprint density at radius 2 is 2.10 bits per heavy atom. The third-order valence-electron chi connectivity index (χ3n) is 5.79. The number of ketones is 1. The molecule has 4 rings (SSSR count). The Morgan fingerprint density at radius 3 is 2.74 bits per heavy atom. The second kappa shape index (κ2) is 7.94. The van der Waals surface area contributed by atoms with Crippen LogP contribution in [0.25, 0.3) is 0 Å². The van der Waals surface area contributed by atoms with E-state index in [1.807, 2.05) is 0 Å². The van der Waals surface area contributed by atoms with E-state index in [4.69, 9.17) is 21.6 Å². The van der Waals surface area contributed by atoms with Gasteiger partial charge in [-0.3, -0.25) is 14.4 Å². The van der Waals surface area contributed by atoms with Gasteiger partial charge in [0, 0.05) is 18.3 Å². The van der Waals surface area contributed by atoms with E-state index in [2.05, 4.69) is 10.6 Å². The van der Waals surface area contributed by atoms with Crippen LogP contribution in [0.5, 0.6) is 0 Å². The SMILES string of the molecule is CC1(NC(=O)C(=O)C2=C(Cl)C(C(=O)Nc3ccc(F)c(C#N)c3)C3CCCN23)COC1. The van der Waals surface area contributed by atoms with Gasteiger partial charge in [0.05, 0.1) is 35.3 Å². The zero-order valence-corrected chi connectivity index (χ0v) is 17.5. The van der Waals surface area contributed by atoms with Gasteiger partial charge in [0.25, 0.3) is 11.7 Å². The zero-order valence-electron chi connectivity index (χ0n) is 16.7. The summed E-state index contributed by atoms with van der Waals surface area (Å²) in [4.78, 5) is 40.2. The zero-order chi connectivity index (χ0) is 22.3. The molecule has 3 aliphatic rings. The summed E-state index contributed by atoms with van der Waals surface area (Å²) in [5.41, 5.74) is -0.509. The first-order valence-electron chi connectivity index (χ1n) is 9.85. The van der Waals surface area contributed by atoms with Crippen molar-refractivity contribution in [3.8, 4) is 6.07 Å². The van der Waals surface area contributed by atoms with Gasteiger partial charge in [-0.05, 0) is 38.0 Å². The number of halogens is 2. The molecule has 162 valence electrons. The normalized spacial score (nSPS) is 23.6. The van der Waals surface area contributed by atoms with E-state index in [1.54, 1.807) is 17.9 Å². The fraction of sp³-hybridized carbons (Fsp3) is 0.429. The highest BCUT2D eigenvalue weighted by molar-refractivity contribution is 6.46. The molecule has 0 aliphatic carbocycles. The van der Waals surface area contributed by atoms with E-state index in [0.29, 0.717) is 26.2 Å². The first-order chi connectivity index (χ1) is 14.7. The van der Waals surface area contributed by atoms with Crippen molar-refractivity contribution in [1.29, 1.82) is 5.26 Å². The molecule has 0 spiro atoms. The molecule has 2 N–H and O–H groups in total. The number of ether oxygens (including phenoxy) is 1. The quantitative estimate of drug-likeness (QED) is 0.665. The topological polar surface area (TPSA) is 112 Å². The van der Waals surface area contributed by atoms with Crippen LogP contribution in [-0.4, -0.2) is 53.8 Å². The summed E-state index contributed by atoms with van der Waals surface area (Å²) in [6, 6.07) is 5.03. The smallest absolute Gasteiger partial charge is 0.294 e. The van der Waals surface area contributed by atoms with Crippen molar-refractivity contribution >= 4 is 34.9 Å². The first-order valence-corrected chi connectivity index (χ1v) is 10.2. The highest BCUT2D eigenvalue weighted by atomic mass is 35.5. The lowest BCUT2D eigenvalue weighted by molar-refractivity contribution is -0.142. The van der Waals surface area contributed by atoms with Crippen molar-refractivity contribution in [3.63, 3.8) is 0 Å². The molecule has 0 bridgehead atoms. The number of Topliss-reactive ketones (excluding diaryl/α,β-unsaturated/α-hetero) is 1. The number of benzene rings is 1. The van der Waals surface area contributed by atoms with Gasteiger partial charge >= 0.3 is 0 Å². The number of nitrogens with zero attached hydrogens (tertiary/aromatic N) is 2. The van der Waals surface area contributed by atoms with Crippen LogP contribution in [0.15, 0.2) is 28.9 Å². The molecule has 10 heteroatoms. The van der Waals surface area contributed by atoms with Crippen molar-refractivity contribution in [3.05, 3.63) is 40.3 Å². The molecule has 31 heavy (non-hydrogen) atoms. The van der Waals surface area contributed by atoms with Gasteiger partial charge in [-0.2, -0.15) is 5.26 Å². The van der Waals surface area contributed by atoms with Crippen molar-refractivity contribution in [2.45, 2.75) is 31.3 Å². The third-order valence-corrected chi connectivity index (χ3v) is 6.20. The fourth-order valence-corrected chi connectivity index (χ4v) is 4.67. The Kier molecular flexibility index (Phi) is 5.45. The molecule has 2 saturated heterocycles. The number of nitrogens with one attached hydrogen (secondary N) is 2. The number of rotatable bonds is 5. The van der Waals surface area contributed by atoms with Gasteiger partial charge in [0.1, 0.15) is 17.6 Å². The predicted molar refractivity (Wildman–Crippen MR) is 108 cm³/mol. The van der Waals surface area contributed by atoms with Crippen molar-refractivity contribution in [2.24, 2.45) is 5.92 Å². The molecule has 0 aromatic heterocycles. The van der Waals surface area contributed by atoms with E-state index in [9.17, 15) is 18.8 Å². The van der Waals surface area contributed by atoms with Gasteiger partial charge in [0.15, 0.2) is 0 Å². The molecule has 0 radical (unpaired) electrons. The summed E-state index contributed by atoms with van der Waals surface area (Å²) < 4.78 is 18.6. The van der Waals surface area contributed by atoms with Crippen LogP contribution >= 0.6 is 11.6 Å². The van der Waals surface area contributed by atoms with Gasteiger partial charge in [0.2, 0.25) is 5.91 Å².